The van der Waals surface area contributed by atoms with Crippen molar-refractivity contribution in [2.24, 2.45) is 4.99 Å². The summed E-state index contributed by atoms with van der Waals surface area (Å²) in [5.41, 5.74) is 1.44. The fourth-order valence-corrected chi connectivity index (χ4v) is 2.51. The lowest BCUT2D eigenvalue weighted by Crippen LogP contribution is -2.38. The summed E-state index contributed by atoms with van der Waals surface area (Å²) in [5, 5.41) is 6.40. The molecule has 0 saturated heterocycles. The van der Waals surface area contributed by atoms with E-state index < -0.39 is 12.8 Å². The van der Waals surface area contributed by atoms with E-state index in [2.05, 4.69) is 20.5 Å². The normalized spacial score (nSPS) is 11.9. The number of hydrogen-bond acceptors (Lipinski definition) is 4. The van der Waals surface area contributed by atoms with Gasteiger partial charge in [-0.25, -0.2) is 4.99 Å². The summed E-state index contributed by atoms with van der Waals surface area (Å²) in [6.07, 6.45) is -3.45. The first kappa shape index (κ1) is 28.7. The zero-order valence-electron chi connectivity index (χ0n) is 18.1. The largest absolute Gasteiger partial charge is 0.484 e. The molecule has 1 rings (SSSR count). The molecule has 174 valence electrons. The van der Waals surface area contributed by atoms with Gasteiger partial charge in [-0.2, -0.15) is 13.2 Å². The van der Waals surface area contributed by atoms with Crippen molar-refractivity contribution < 1.29 is 22.6 Å². The molecule has 2 N–H and O–H groups in total. The number of likely N-dealkylation sites (N-methyl/N-ethyl adjacent to an activating group) is 1. The topological polar surface area (TPSA) is 58.1 Å². The van der Waals surface area contributed by atoms with E-state index in [9.17, 15) is 13.2 Å². The number of guanidine groups is 1. The average molecular weight is 546 g/mol. The number of nitrogens with zero attached hydrogens (tertiary/aromatic N) is 2. The molecule has 0 aliphatic rings. The predicted octanol–water partition coefficient (Wildman–Crippen LogP) is 3.58. The van der Waals surface area contributed by atoms with Crippen LogP contribution in [0.1, 0.15) is 24.5 Å². The molecule has 6 nitrogen and oxygen atoms in total. The summed E-state index contributed by atoms with van der Waals surface area (Å²) in [6, 6.07) is 5.19. The number of nitrogens with one attached hydrogen (secondary N) is 2. The Morgan fingerprint density at radius 2 is 1.93 bits per heavy atom. The van der Waals surface area contributed by atoms with E-state index in [1.807, 2.05) is 27.0 Å². The van der Waals surface area contributed by atoms with E-state index in [1.54, 1.807) is 19.2 Å². The van der Waals surface area contributed by atoms with E-state index in [1.165, 1.54) is 0 Å². The third-order valence-corrected chi connectivity index (χ3v) is 4.05. The maximum atomic E-state index is 12.5. The van der Waals surface area contributed by atoms with Crippen LogP contribution in [0, 0.1) is 6.92 Å². The second-order valence-electron chi connectivity index (χ2n) is 6.79. The number of halogens is 4. The van der Waals surface area contributed by atoms with Crippen molar-refractivity contribution in [1.82, 2.24) is 15.5 Å². The van der Waals surface area contributed by atoms with E-state index in [4.69, 9.17) is 9.47 Å². The number of alkyl halides is 3. The second-order valence-corrected chi connectivity index (χ2v) is 6.79. The number of aliphatic imine (C=N–C) groups is 1. The van der Waals surface area contributed by atoms with Crippen molar-refractivity contribution in [3.05, 3.63) is 29.3 Å². The van der Waals surface area contributed by atoms with E-state index in [0.717, 1.165) is 31.6 Å². The Bertz CT molecular complexity index is 631. The fraction of sp³-hybridized carbons (Fsp3) is 0.650. The Kier molecular flexibility index (Phi) is 14.9. The highest BCUT2D eigenvalue weighted by atomic mass is 127. The highest BCUT2D eigenvalue weighted by Crippen LogP contribution is 2.24. The molecular formula is C20H34F3IN4O2. The molecule has 0 atom stereocenters. The first-order chi connectivity index (χ1) is 13.7. The molecule has 0 amide bonds. The zero-order chi connectivity index (χ0) is 21.7. The SMILES string of the molecule is CCNC(=NCc1ccc(C)cc1OCC(F)(F)F)NCCCN(C)CCOC.I. The lowest BCUT2D eigenvalue weighted by molar-refractivity contribution is -0.153. The van der Waals surface area contributed by atoms with E-state index >= 15 is 0 Å². The minimum atomic E-state index is -4.38. The monoisotopic (exact) mass is 546 g/mol. The molecule has 1 aromatic carbocycles. The Hall–Kier alpha value is -1.27. The molecule has 0 bridgehead atoms. The van der Waals surface area contributed by atoms with Crippen LogP contribution >= 0.6 is 24.0 Å². The molecule has 0 unspecified atom stereocenters. The predicted molar refractivity (Wildman–Crippen MR) is 125 cm³/mol. The van der Waals surface area contributed by atoms with Crippen molar-refractivity contribution in [2.75, 3.05) is 53.6 Å². The number of hydrogen-bond donors (Lipinski definition) is 2. The van der Waals surface area contributed by atoms with Gasteiger partial charge in [0.05, 0.1) is 13.2 Å². The van der Waals surface area contributed by atoms with Crippen molar-refractivity contribution in [3.63, 3.8) is 0 Å². The molecule has 0 aromatic heterocycles. The van der Waals surface area contributed by atoms with Gasteiger partial charge in [0.1, 0.15) is 5.75 Å². The Morgan fingerprint density at radius 1 is 1.20 bits per heavy atom. The van der Waals surface area contributed by atoms with Gasteiger partial charge in [0, 0.05) is 32.3 Å². The van der Waals surface area contributed by atoms with Crippen LogP contribution in [0.4, 0.5) is 13.2 Å². The van der Waals surface area contributed by atoms with Gasteiger partial charge in [-0.3, -0.25) is 0 Å². The number of methoxy groups -OCH3 is 1. The standard InChI is InChI=1S/C20H33F3N4O2.HI/c1-5-24-19(25-9-6-10-27(3)11-12-28-4)26-14-17-8-7-16(2)13-18(17)29-15-20(21,22)23;/h7-8,13H,5-6,9-12,14-15H2,1-4H3,(H2,24,25,26);1H. The smallest absolute Gasteiger partial charge is 0.422 e. The summed E-state index contributed by atoms with van der Waals surface area (Å²) in [4.78, 5) is 6.67. The number of benzene rings is 1. The van der Waals surface area contributed by atoms with Crippen LogP contribution in [0.5, 0.6) is 5.75 Å². The molecule has 0 spiro atoms. The van der Waals surface area contributed by atoms with Crippen molar-refractivity contribution in [2.45, 2.75) is 33.0 Å². The Balaban J connectivity index is 0.00000841. The van der Waals surface area contributed by atoms with Crippen LogP contribution in [0.3, 0.4) is 0 Å². The van der Waals surface area contributed by atoms with Gasteiger partial charge in [0.15, 0.2) is 12.6 Å². The van der Waals surface area contributed by atoms with Crippen molar-refractivity contribution >= 4 is 29.9 Å². The van der Waals surface area contributed by atoms with Gasteiger partial charge >= 0.3 is 6.18 Å². The van der Waals surface area contributed by atoms with Crippen LogP contribution in [0.2, 0.25) is 0 Å². The quantitative estimate of drug-likeness (QED) is 0.182. The molecule has 0 saturated carbocycles. The van der Waals surface area contributed by atoms with Crippen LogP contribution < -0.4 is 15.4 Å². The van der Waals surface area contributed by atoms with Gasteiger partial charge in [-0.15, -0.1) is 24.0 Å². The molecule has 10 heteroatoms. The van der Waals surface area contributed by atoms with Crippen LogP contribution in [0.15, 0.2) is 23.2 Å². The first-order valence-electron chi connectivity index (χ1n) is 9.74. The molecule has 30 heavy (non-hydrogen) atoms. The molecule has 0 radical (unpaired) electrons. The molecular weight excluding hydrogens is 512 g/mol. The van der Waals surface area contributed by atoms with Crippen LogP contribution in [0.25, 0.3) is 0 Å². The first-order valence-corrected chi connectivity index (χ1v) is 9.74. The van der Waals surface area contributed by atoms with Gasteiger partial charge in [-0.05, 0) is 45.5 Å². The summed E-state index contributed by atoms with van der Waals surface area (Å²) < 4.78 is 47.5. The molecule has 0 heterocycles. The van der Waals surface area contributed by atoms with Crippen LogP contribution in [-0.2, 0) is 11.3 Å². The zero-order valence-corrected chi connectivity index (χ0v) is 20.5. The van der Waals surface area contributed by atoms with Gasteiger partial charge in [0.25, 0.3) is 0 Å². The maximum Gasteiger partial charge on any atom is 0.422 e. The van der Waals surface area contributed by atoms with E-state index in [-0.39, 0.29) is 36.3 Å². The second kappa shape index (κ2) is 15.5. The van der Waals surface area contributed by atoms with Crippen LogP contribution in [-0.4, -0.2) is 70.6 Å². The highest BCUT2D eigenvalue weighted by Gasteiger charge is 2.28. The van der Waals surface area contributed by atoms with E-state index in [0.29, 0.717) is 24.7 Å². The number of ether oxygens (including phenoxy) is 2. The average Bonchev–Trinajstić information content (AvgIpc) is 2.66. The third kappa shape index (κ3) is 13.1. The fourth-order valence-electron chi connectivity index (χ4n) is 2.51. The molecule has 0 aliphatic carbocycles. The maximum absolute atomic E-state index is 12.5. The summed E-state index contributed by atoms with van der Waals surface area (Å²) >= 11 is 0. The molecule has 0 fully saturated rings. The minimum Gasteiger partial charge on any atom is -0.484 e. The number of rotatable bonds is 12. The van der Waals surface area contributed by atoms with Gasteiger partial charge in [-0.1, -0.05) is 12.1 Å². The Labute approximate surface area is 194 Å². The molecule has 1 aromatic rings. The number of aryl methyl sites for hydroxylation is 1. The third-order valence-electron chi connectivity index (χ3n) is 4.05. The summed E-state index contributed by atoms with van der Waals surface area (Å²) in [5.74, 6) is 0.830. The minimum absolute atomic E-state index is 0. The summed E-state index contributed by atoms with van der Waals surface area (Å²) in [6.45, 7) is 6.57. The lowest BCUT2D eigenvalue weighted by Gasteiger charge is -2.17. The Morgan fingerprint density at radius 3 is 2.57 bits per heavy atom. The summed E-state index contributed by atoms with van der Waals surface area (Å²) in [7, 11) is 3.72. The molecule has 0 aliphatic heterocycles. The highest BCUT2D eigenvalue weighted by molar-refractivity contribution is 14.0. The van der Waals surface area contributed by atoms with Gasteiger partial charge < -0.3 is 25.0 Å². The van der Waals surface area contributed by atoms with Crippen molar-refractivity contribution in [3.8, 4) is 5.75 Å². The van der Waals surface area contributed by atoms with Crippen molar-refractivity contribution in [1.29, 1.82) is 0 Å². The lowest BCUT2D eigenvalue weighted by atomic mass is 10.1. The van der Waals surface area contributed by atoms with Gasteiger partial charge in [0.2, 0.25) is 0 Å².